The second kappa shape index (κ2) is 5.09. The van der Waals surface area contributed by atoms with Crippen molar-refractivity contribution in [1.29, 1.82) is 0 Å². The predicted octanol–water partition coefficient (Wildman–Crippen LogP) is 1.17. The van der Waals surface area contributed by atoms with Gasteiger partial charge in [-0.05, 0) is 38.1 Å². The van der Waals surface area contributed by atoms with Crippen molar-refractivity contribution in [3.05, 3.63) is 18.2 Å². The van der Waals surface area contributed by atoms with Gasteiger partial charge in [0.1, 0.15) is 17.6 Å². The minimum atomic E-state index is -0.0356. The van der Waals surface area contributed by atoms with Crippen molar-refractivity contribution in [2.75, 3.05) is 31.6 Å². The number of ether oxygens (including phenoxy) is 2. The molecule has 102 valence electrons. The number of piperidine rings is 1. The van der Waals surface area contributed by atoms with Gasteiger partial charge in [-0.3, -0.25) is 4.79 Å². The molecule has 5 heteroatoms. The van der Waals surface area contributed by atoms with Gasteiger partial charge in [-0.15, -0.1) is 0 Å². The van der Waals surface area contributed by atoms with Crippen LogP contribution in [-0.2, 0) is 4.79 Å². The lowest BCUT2D eigenvalue weighted by atomic mass is 10.1. The van der Waals surface area contributed by atoms with E-state index in [1.54, 1.807) is 11.9 Å². The number of nitrogens with zero attached hydrogens (tertiary/aromatic N) is 1. The fourth-order valence-corrected chi connectivity index (χ4v) is 2.43. The number of amides is 1. The van der Waals surface area contributed by atoms with Crippen LogP contribution in [0.25, 0.3) is 0 Å². The number of hydrogen-bond donors (Lipinski definition) is 1. The minimum absolute atomic E-state index is 0.0356. The Balaban J connectivity index is 1.78. The van der Waals surface area contributed by atoms with Crippen LogP contribution < -0.4 is 19.7 Å². The Bertz CT molecular complexity index is 484. The summed E-state index contributed by atoms with van der Waals surface area (Å²) in [6, 6.07) is 5.66. The molecule has 1 N–H and O–H groups in total. The van der Waals surface area contributed by atoms with Gasteiger partial charge >= 0.3 is 0 Å². The molecular weight excluding hydrogens is 244 g/mol. The molecule has 2 heterocycles. The van der Waals surface area contributed by atoms with Crippen LogP contribution in [0, 0.1) is 0 Å². The van der Waals surface area contributed by atoms with Crippen molar-refractivity contribution in [3.63, 3.8) is 0 Å². The summed E-state index contributed by atoms with van der Waals surface area (Å²) in [6.45, 7) is 2.10. The highest BCUT2D eigenvalue weighted by molar-refractivity contribution is 5.97. The molecule has 0 spiro atoms. The quantitative estimate of drug-likeness (QED) is 0.869. The summed E-state index contributed by atoms with van der Waals surface area (Å²) in [5.41, 5.74) is 0.780. The van der Waals surface area contributed by atoms with Gasteiger partial charge in [0.2, 0.25) is 0 Å². The number of fused-ring (bicyclic) bond motifs is 1. The van der Waals surface area contributed by atoms with Gasteiger partial charge in [0, 0.05) is 13.1 Å². The van der Waals surface area contributed by atoms with Gasteiger partial charge < -0.3 is 19.7 Å². The topological polar surface area (TPSA) is 50.8 Å². The van der Waals surface area contributed by atoms with Crippen LogP contribution in [0.3, 0.4) is 0 Å². The van der Waals surface area contributed by atoms with E-state index in [9.17, 15) is 4.79 Å². The first kappa shape index (κ1) is 12.3. The smallest absolute Gasteiger partial charge is 0.264 e. The van der Waals surface area contributed by atoms with Crippen LogP contribution in [0.4, 0.5) is 5.69 Å². The largest absolute Gasteiger partial charge is 0.490 e. The van der Waals surface area contributed by atoms with E-state index in [-0.39, 0.29) is 18.6 Å². The van der Waals surface area contributed by atoms with Gasteiger partial charge in [0.05, 0.1) is 5.69 Å². The van der Waals surface area contributed by atoms with Crippen LogP contribution >= 0.6 is 0 Å². The van der Waals surface area contributed by atoms with E-state index < -0.39 is 0 Å². The average molecular weight is 262 g/mol. The summed E-state index contributed by atoms with van der Waals surface area (Å²) in [7, 11) is 1.76. The Morgan fingerprint density at radius 3 is 2.95 bits per heavy atom. The number of carbonyl (C=O) groups is 1. The van der Waals surface area contributed by atoms with Crippen LogP contribution in [0.1, 0.15) is 12.8 Å². The second-order valence-corrected chi connectivity index (χ2v) is 4.94. The van der Waals surface area contributed by atoms with Crippen LogP contribution in [0.5, 0.6) is 11.5 Å². The Morgan fingerprint density at radius 2 is 2.16 bits per heavy atom. The van der Waals surface area contributed by atoms with E-state index in [2.05, 4.69) is 5.32 Å². The standard InChI is InChI=1S/C14H18N2O3/c1-16-12-8-11(19-10-4-6-15-7-5-10)2-3-13(12)18-9-14(16)17/h2-3,8,10,15H,4-7,9H2,1H3. The van der Waals surface area contributed by atoms with E-state index >= 15 is 0 Å². The number of carbonyl (C=O) groups excluding carboxylic acids is 1. The number of nitrogens with one attached hydrogen (secondary N) is 1. The van der Waals surface area contributed by atoms with Gasteiger partial charge in [-0.2, -0.15) is 0 Å². The lowest BCUT2D eigenvalue weighted by Crippen LogP contribution is -2.36. The maximum atomic E-state index is 11.6. The first-order chi connectivity index (χ1) is 9.24. The van der Waals surface area contributed by atoms with Gasteiger partial charge in [0.25, 0.3) is 5.91 Å². The van der Waals surface area contributed by atoms with Crippen LogP contribution in [0.2, 0.25) is 0 Å². The first-order valence-electron chi connectivity index (χ1n) is 6.65. The molecule has 0 bridgehead atoms. The summed E-state index contributed by atoms with van der Waals surface area (Å²) < 4.78 is 11.4. The second-order valence-electron chi connectivity index (χ2n) is 4.94. The molecule has 0 radical (unpaired) electrons. The molecule has 5 nitrogen and oxygen atoms in total. The van der Waals surface area contributed by atoms with E-state index in [4.69, 9.17) is 9.47 Å². The third-order valence-corrected chi connectivity index (χ3v) is 3.61. The van der Waals surface area contributed by atoms with Crippen molar-refractivity contribution >= 4 is 11.6 Å². The van der Waals surface area contributed by atoms with Crippen molar-refractivity contribution in [3.8, 4) is 11.5 Å². The Hall–Kier alpha value is -1.75. The predicted molar refractivity (Wildman–Crippen MR) is 71.9 cm³/mol. The third-order valence-electron chi connectivity index (χ3n) is 3.61. The minimum Gasteiger partial charge on any atom is -0.490 e. The van der Waals surface area contributed by atoms with Crippen molar-refractivity contribution in [2.45, 2.75) is 18.9 Å². The van der Waals surface area contributed by atoms with E-state index in [0.717, 1.165) is 43.1 Å². The fraction of sp³-hybridized carbons (Fsp3) is 0.500. The summed E-state index contributed by atoms with van der Waals surface area (Å²) >= 11 is 0. The molecule has 0 unspecified atom stereocenters. The van der Waals surface area contributed by atoms with Crippen molar-refractivity contribution in [1.82, 2.24) is 5.32 Å². The average Bonchev–Trinajstić information content (AvgIpc) is 2.45. The highest BCUT2D eigenvalue weighted by Gasteiger charge is 2.23. The van der Waals surface area contributed by atoms with Crippen LogP contribution in [-0.4, -0.2) is 38.8 Å². The summed E-state index contributed by atoms with van der Waals surface area (Å²) in [5, 5.41) is 3.31. The molecule has 3 rings (SSSR count). The molecule has 0 aliphatic carbocycles. The van der Waals surface area contributed by atoms with Crippen molar-refractivity contribution in [2.24, 2.45) is 0 Å². The van der Waals surface area contributed by atoms with Gasteiger partial charge in [0.15, 0.2) is 6.61 Å². The molecular formula is C14H18N2O3. The number of likely N-dealkylation sites (N-methyl/N-ethyl adjacent to an activating group) is 1. The van der Waals surface area contributed by atoms with Gasteiger partial charge in [-0.1, -0.05) is 0 Å². The van der Waals surface area contributed by atoms with E-state index in [1.165, 1.54) is 0 Å². The molecule has 0 saturated carbocycles. The zero-order valence-corrected chi connectivity index (χ0v) is 11.0. The SMILES string of the molecule is CN1C(=O)COc2ccc(OC3CCNCC3)cc21. The van der Waals surface area contributed by atoms with Crippen LogP contribution in [0.15, 0.2) is 18.2 Å². The van der Waals surface area contributed by atoms with E-state index in [1.807, 2.05) is 18.2 Å². The molecule has 0 aromatic heterocycles. The van der Waals surface area contributed by atoms with Crippen molar-refractivity contribution < 1.29 is 14.3 Å². The maximum Gasteiger partial charge on any atom is 0.264 e. The number of rotatable bonds is 2. The molecule has 1 aromatic carbocycles. The third kappa shape index (κ3) is 2.51. The Kier molecular flexibility index (Phi) is 3.29. The lowest BCUT2D eigenvalue weighted by molar-refractivity contribution is -0.120. The monoisotopic (exact) mass is 262 g/mol. The number of anilines is 1. The summed E-state index contributed by atoms with van der Waals surface area (Å²) in [5.74, 6) is 1.50. The highest BCUT2D eigenvalue weighted by Crippen LogP contribution is 2.35. The molecule has 1 aromatic rings. The first-order valence-corrected chi connectivity index (χ1v) is 6.65. The number of hydrogen-bond acceptors (Lipinski definition) is 4. The molecule has 1 saturated heterocycles. The zero-order chi connectivity index (χ0) is 13.2. The highest BCUT2D eigenvalue weighted by atomic mass is 16.5. The van der Waals surface area contributed by atoms with Gasteiger partial charge in [-0.25, -0.2) is 0 Å². The maximum absolute atomic E-state index is 11.6. The Labute approximate surface area is 112 Å². The molecule has 19 heavy (non-hydrogen) atoms. The fourth-order valence-electron chi connectivity index (χ4n) is 2.43. The van der Waals surface area contributed by atoms with E-state index in [0.29, 0.717) is 0 Å². The summed E-state index contributed by atoms with van der Waals surface area (Å²) in [6.07, 6.45) is 2.29. The number of benzene rings is 1. The normalized spacial score (nSPS) is 19.8. The summed E-state index contributed by atoms with van der Waals surface area (Å²) in [4.78, 5) is 13.2. The molecule has 0 atom stereocenters. The Morgan fingerprint density at radius 1 is 1.37 bits per heavy atom. The zero-order valence-electron chi connectivity index (χ0n) is 11.0. The molecule has 1 fully saturated rings. The molecule has 1 amide bonds. The molecule has 2 aliphatic heterocycles. The lowest BCUT2D eigenvalue weighted by Gasteiger charge is -2.28. The molecule has 2 aliphatic rings.